The third-order valence-electron chi connectivity index (χ3n) is 3.10. The first-order chi connectivity index (χ1) is 12.7. The van der Waals surface area contributed by atoms with Gasteiger partial charge in [-0.25, -0.2) is 14.6 Å². The second kappa shape index (κ2) is 8.21. The molecule has 0 aliphatic rings. The van der Waals surface area contributed by atoms with Crippen LogP contribution in [0.25, 0.3) is 17.0 Å². The maximum Gasteiger partial charge on any atom is 0.490 e. The number of esters is 1. The lowest BCUT2D eigenvalue weighted by atomic mass is 10.2. The number of carbonyl (C=O) groups is 2. The SMILES string of the molecule is COC(=O)C(F)(F)F.O=C(O)C[n+]1ccc(-c2ccnc3ncnn23)cc1. The maximum absolute atomic E-state index is 11.0. The lowest BCUT2D eigenvalue weighted by molar-refractivity contribution is -0.685. The monoisotopic (exact) mass is 384 g/mol. The first kappa shape index (κ1) is 19.8. The van der Waals surface area contributed by atoms with Gasteiger partial charge in [-0.1, -0.05) is 0 Å². The number of hydrogen-bond acceptors (Lipinski definition) is 6. The van der Waals surface area contributed by atoms with Crippen molar-refractivity contribution in [2.45, 2.75) is 12.7 Å². The number of fused-ring (bicyclic) bond motifs is 1. The number of carbonyl (C=O) groups excluding carboxylic acids is 1. The van der Waals surface area contributed by atoms with Crippen LogP contribution in [0.3, 0.4) is 0 Å². The molecule has 27 heavy (non-hydrogen) atoms. The summed E-state index contributed by atoms with van der Waals surface area (Å²) in [5.41, 5.74) is 1.77. The van der Waals surface area contributed by atoms with Crippen molar-refractivity contribution in [1.29, 1.82) is 0 Å². The fourth-order valence-electron chi connectivity index (χ4n) is 1.96. The van der Waals surface area contributed by atoms with Crippen molar-refractivity contribution in [3.05, 3.63) is 43.1 Å². The van der Waals surface area contributed by atoms with Gasteiger partial charge in [0.2, 0.25) is 6.54 Å². The number of alkyl halides is 3. The molecule has 3 rings (SSSR count). The summed E-state index contributed by atoms with van der Waals surface area (Å²) in [4.78, 5) is 28.2. The van der Waals surface area contributed by atoms with Gasteiger partial charge in [-0.05, 0) is 6.07 Å². The van der Waals surface area contributed by atoms with Crippen molar-refractivity contribution >= 4 is 17.7 Å². The van der Waals surface area contributed by atoms with E-state index in [2.05, 4.69) is 19.8 Å². The molecule has 0 aliphatic carbocycles. The zero-order valence-electron chi connectivity index (χ0n) is 13.8. The Kier molecular flexibility index (Phi) is 6.00. The standard InChI is InChI=1S/C12H9N5O2.C3H3F3O2/c18-11(19)7-16-5-2-9(3-6-16)10-1-4-13-12-14-8-15-17(10)12;1-8-2(7)3(4,5)6/h1-6,8H,7H2;1H3/p+1. The van der Waals surface area contributed by atoms with Crippen LogP contribution in [0.4, 0.5) is 13.2 Å². The molecule has 0 unspecified atom stereocenters. The Hall–Kier alpha value is -3.57. The number of aromatic nitrogens is 5. The first-order valence-corrected chi connectivity index (χ1v) is 7.23. The minimum atomic E-state index is -4.85. The Morgan fingerprint density at radius 1 is 1.22 bits per heavy atom. The molecule has 0 bridgehead atoms. The van der Waals surface area contributed by atoms with Crippen molar-refractivity contribution in [3.63, 3.8) is 0 Å². The molecule has 9 nitrogen and oxygen atoms in total. The van der Waals surface area contributed by atoms with Crippen LogP contribution in [0.5, 0.6) is 0 Å². The van der Waals surface area contributed by atoms with Crippen LogP contribution in [-0.4, -0.2) is 49.9 Å². The van der Waals surface area contributed by atoms with Crippen molar-refractivity contribution in [1.82, 2.24) is 19.6 Å². The van der Waals surface area contributed by atoms with Gasteiger partial charge in [-0.15, -0.1) is 0 Å². The summed E-state index contributed by atoms with van der Waals surface area (Å²) >= 11 is 0. The number of pyridine rings is 1. The molecule has 12 heteroatoms. The number of halogens is 3. The molecule has 0 amide bonds. The quantitative estimate of drug-likeness (QED) is 0.527. The van der Waals surface area contributed by atoms with Crippen LogP contribution in [-0.2, 0) is 20.9 Å². The van der Waals surface area contributed by atoms with Gasteiger partial charge < -0.3 is 9.84 Å². The second-order valence-corrected chi connectivity index (χ2v) is 4.94. The third-order valence-corrected chi connectivity index (χ3v) is 3.10. The summed E-state index contributed by atoms with van der Waals surface area (Å²) in [7, 11) is 0.676. The van der Waals surface area contributed by atoms with Gasteiger partial charge >= 0.3 is 18.1 Å². The van der Waals surface area contributed by atoms with Crippen LogP contribution >= 0.6 is 0 Å². The van der Waals surface area contributed by atoms with Gasteiger partial charge in [0, 0.05) is 23.9 Å². The Bertz CT molecular complexity index is 941. The zero-order chi connectivity index (χ0) is 20.0. The van der Waals surface area contributed by atoms with Crippen LogP contribution in [0.2, 0.25) is 0 Å². The number of carboxylic acid groups (broad SMARTS) is 1. The van der Waals surface area contributed by atoms with Crippen molar-refractivity contribution in [3.8, 4) is 11.3 Å². The summed E-state index contributed by atoms with van der Waals surface area (Å²) in [6.45, 7) is -0.0602. The van der Waals surface area contributed by atoms with Gasteiger partial charge in [0.25, 0.3) is 5.78 Å². The molecule has 0 fully saturated rings. The molecule has 0 saturated carbocycles. The van der Waals surface area contributed by atoms with E-state index in [4.69, 9.17) is 5.11 Å². The van der Waals surface area contributed by atoms with Crippen LogP contribution in [0.15, 0.2) is 43.1 Å². The number of ether oxygens (including phenoxy) is 1. The highest BCUT2D eigenvalue weighted by atomic mass is 19.4. The van der Waals surface area contributed by atoms with Crippen LogP contribution in [0.1, 0.15) is 0 Å². The van der Waals surface area contributed by atoms with E-state index in [1.165, 1.54) is 6.33 Å². The number of aliphatic carboxylic acids is 1. The summed E-state index contributed by atoms with van der Waals surface area (Å²) in [6, 6.07) is 5.50. The minimum absolute atomic E-state index is 0.0602. The van der Waals surface area contributed by atoms with E-state index in [1.807, 2.05) is 18.2 Å². The van der Waals surface area contributed by atoms with Crippen molar-refractivity contribution in [2.24, 2.45) is 0 Å². The van der Waals surface area contributed by atoms with E-state index in [1.54, 1.807) is 27.7 Å². The molecule has 1 N–H and O–H groups in total. The Labute approximate surface area is 149 Å². The van der Waals surface area contributed by atoms with Gasteiger partial charge in [0.05, 0.1) is 12.8 Å². The zero-order valence-corrected chi connectivity index (χ0v) is 13.8. The molecule has 0 aliphatic heterocycles. The van der Waals surface area contributed by atoms with Crippen molar-refractivity contribution in [2.75, 3.05) is 7.11 Å². The predicted molar refractivity (Wildman–Crippen MR) is 82.1 cm³/mol. The fraction of sp³-hybridized carbons (Fsp3) is 0.200. The third kappa shape index (κ3) is 5.20. The first-order valence-electron chi connectivity index (χ1n) is 7.23. The van der Waals surface area contributed by atoms with E-state index < -0.39 is 18.1 Å². The van der Waals surface area contributed by atoms with Gasteiger partial charge in [0.1, 0.15) is 6.33 Å². The predicted octanol–water partition coefficient (Wildman–Crippen LogP) is 0.885. The number of carboxylic acids is 1. The molecule has 0 aromatic carbocycles. The van der Waals surface area contributed by atoms with E-state index in [0.717, 1.165) is 11.3 Å². The van der Waals surface area contributed by atoms with Crippen molar-refractivity contribution < 1.29 is 37.2 Å². The minimum Gasteiger partial charge on any atom is -0.477 e. The highest BCUT2D eigenvalue weighted by Crippen LogP contribution is 2.17. The lowest BCUT2D eigenvalue weighted by Crippen LogP contribution is -2.36. The average Bonchev–Trinajstić information content (AvgIpc) is 3.09. The number of methoxy groups -OCH3 is 1. The van der Waals surface area contributed by atoms with Gasteiger partial charge in [0.15, 0.2) is 12.4 Å². The number of nitrogens with zero attached hydrogens (tertiary/aromatic N) is 5. The van der Waals surface area contributed by atoms with Gasteiger partial charge in [-0.2, -0.15) is 32.3 Å². The van der Waals surface area contributed by atoms with Crippen LogP contribution in [0, 0.1) is 0 Å². The van der Waals surface area contributed by atoms with Gasteiger partial charge in [-0.3, -0.25) is 0 Å². The molecule has 3 aromatic heterocycles. The maximum atomic E-state index is 11.0. The largest absolute Gasteiger partial charge is 0.490 e. The highest BCUT2D eigenvalue weighted by molar-refractivity contribution is 5.75. The summed E-state index contributed by atoms with van der Waals surface area (Å²) in [5.74, 6) is -2.52. The molecule has 0 saturated heterocycles. The molecule has 3 aromatic rings. The van der Waals surface area contributed by atoms with E-state index in [9.17, 15) is 22.8 Å². The molecule has 3 heterocycles. The number of rotatable bonds is 3. The normalized spacial score (nSPS) is 10.8. The van der Waals surface area contributed by atoms with Crippen LogP contribution < -0.4 is 4.57 Å². The summed E-state index contributed by atoms with van der Waals surface area (Å²) in [6.07, 6.45) is 1.69. The molecule has 0 spiro atoms. The highest BCUT2D eigenvalue weighted by Gasteiger charge is 2.40. The van der Waals surface area contributed by atoms with E-state index in [0.29, 0.717) is 12.9 Å². The summed E-state index contributed by atoms with van der Waals surface area (Å²) in [5, 5.41) is 12.8. The molecule has 0 atom stereocenters. The Morgan fingerprint density at radius 3 is 2.41 bits per heavy atom. The fourth-order valence-corrected chi connectivity index (χ4v) is 1.96. The lowest BCUT2D eigenvalue weighted by Gasteiger charge is -2.02. The molecule has 142 valence electrons. The number of hydrogen-bond donors (Lipinski definition) is 1. The van der Waals surface area contributed by atoms with E-state index >= 15 is 0 Å². The average molecular weight is 384 g/mol. The second-order valence-electron chi connectivity index (χ2n) is 4.94. The van der Waals surface area contributed by atoms with E-state index in [-0.39, 0.29) is 6.54 Å². The molecular weight excluding hydrogens is 371 g/mol. The molecule has 0 radical (unpaired) electrons. The smallest absolute Gasteiger partial charge is 0.477 e. The Morgan fingerprint density at radius 2 is 1.89 bits per heavy atom. The molecular formula is C15H13F3N5O4+. The Balaban J connectivity index is 0.000000279. The topological polar surface area (TPSA) is 111 Å². The summed E-state index contributed by atoms with van der Waals surface area (Å²) < 4.78 is 39.5.